The second kappa shape index (κ2) is 4.65. The molecular formula is C13H23NO. The number of ketones is 1. The molecule has 0 atom stereocenters. The zero-order valence-corrected chi connectivity index (χ0v) is 9.63. The summed E-state index contributed by atoms with van der Waals surface area (Å²) >= 11 is 0. The molecule has 2 rings (SSSR count). The van der Waals surface area contributed by atoms with Gasteiger partial charge >= 0.3 is 0 Å². The molecule has 15 heavy (non-hydrogen) atoms. The van der Waals surface area contributed by atoms with Crippen molar-refractivity contribution in [1.82, 2.24) is 0 Å². The van der Waals surface area contributed by atoms with Crippen LogP contribution in [-0.4, -0.2) is 12.3 Å². The van der Waals surface area contributed by atoms with E-state index in [1.807, 2.05) is 0 Å². The molecule has 2 aliphatic carbocycles. The first-order valence-corrected chi connectivity index (χ1v) is 6.53. The normalized spacial score (nSPS) is 26.7. The summed E-state index contributed by atoms with van der Waals surface area (Å²) in [6.45, 7) is 0.586. The molecule has 0 bridgehead atoms. The van der Waals surface area contributed by atoms with Crippen molar-refractivity contribution in [2.24, 2.45) is 17.1 Å². The Morgan fingerprint density at radius 1 is 1.07 bits per heavy atom. The number of carbonyl (C=O) groups excluding carboxylic acids is 1. The van der Waals surface area contributed by atoms with E-state index in [1.54, 1.807) is 0 Å². The highest BCUT2D eigenvalue weighted by molar-refractivity contribution is 5.87. The number of rotatable bonds is 3. The van der Waals surface area contributed by atoms with E-state index in [1.165, 1.54) is 32.1 Å². The molecule has 0 spiro atoms. The van der Waals surface area contributed by atoms with Gasteiger partial charge in [0.2, 0.25) is 0 Å². The summed E-state index contributed by atoms with van der Waals surface area (Å²) in [5.41, 5.74) is 5.77. The summed E-state index contributed by atoms with van der Waals surface area (Å²) in [6, 6.07) is 0. The lowest BCUT2D eigenvalue weighted by molar-refractivity contribution is -0.134. The first-order chi connectivity index (χ1) is 7.28. The minimum atomic E-state index is -0.118. The van der Waals surface area contributed by atoms with Gasteiger partial charge in [0.1, 0.15) is 5.78 Å². The lowest BCUT2D eigenvalue weighted by atomic mass is 9.68. The topological polar surface area (TPSA) is 43.1 Å². The third kappa shape index (κ3) is 2.10. The fraction of sp³-hybridized carbons (Fsp3) is 0.923. The van der Waals surface area contributed by atoms with Gasteiger partial charge in [0.25, 0.3) is 0 Å². The fourth-order valence-electron chi connectivity index (χ4n) is 3.40. The van der Waals surface area contributed by atoms with Gasteiger partial charge in [-0.2, -0.15) is 0 Å². The highest BCUT2D eigenvalue weighted by Crippen LogP contribution is 2.41. The van der Waals surface area contributed by atoms with E-state index in [-0.39, 0.29) is 5.41 Å². The van der Waals surface area contributed by atoms with Crippen LogP contribution < -0.4 is 5.73 Å². The molecule has 2 fully saturated rings. The van der Waals surface area contributed by atoms with Gasteiger partial charge in [-0.25, -0.2) is 0 Å². The lowest BCUT2D eigenvalue weighted by Crippen LogP contribution is -2.43. The van der Waals surface area contributed by atoms with Crippen molar-refractivity contribution in [2.75, 3.05) is 6.54 Å². The Balaban J connectivity index is 2.06. The van der Waals surface area contributed by atoms with Gasteiger partial charge in [-0.05, 0) is 25.7 Å². The van der Waals surface area contributed by atoms with Gasteiger partial charge in [-0.15, -0.1) is 0 Å². The van der Waals surface area contributed by atoms with Crippen LogP contribution in [0, 0.1) is 11.3 Å². The van der Waals surface area contributed by atoms with Crippen LogP contribution in [0.5, 0.6) is 0 Å². The van der Waals surface area contributed by atoms with Crippen LogP contribution in [0.4, 0.5) is 0 Å². The summed E-state index contributed by atoms with van der Waals surface area (Å²) in [4.78, 5) is 12.5. The van der Waals surface area contributed by atoms with Crippen LogP contribution in [-0.2, 0) is 4.79 Å². The van der Waals surface area contributed by atoms with Crippen molar-refractivity contribution in [1.29, 1.82) is 0 Å². The average Bonchev–Trinajstić information content (AvgIpc) is 2.82. The molecule has 0 aromatic heterocycles. The van der Waals surface area contributed by atoms with E-state index in [9.17, 15) is 4.79 Å². The predicted octanol–water partition coefficient (Wildman–Crippen LogP) is 2.65. The van der Waals surface area contributed by atoms with Crippen LogP contribution in [0.25, 0.3) is 0 Å². The Bertz CT molecular complexity index is 225. The molecule has 0 amide bonds. The van der Waals surface area contributed by atoms with Gasteiger partial charge < -0.3 is 5.73 Å². The van der Waals surface area contributed by atoms with Gasteiger partial charge in [0, 0.05) is 17.9 Å². The van der Waals surface area contributed by atoms with Gasteiger partial charge in [0.15, 0.2) is 0 Å². The number of Topliss-reactive ketones (excluding diaryl/α,β-unsaturated/α-hetero) is 1. The third-order valence-electron chi connectivity index (χ3n) is 4.45. The van der Waals surface area contributed by atoms with Crippen molar-refractivity contribution in [3.8, 4) is 0 Å². The summed E-state index contributed by atoms with van der Waals surface area (Å²) < 4.78 is 0. The van der Waals surface area contributed by atoms with E-state index in [0.717, 1.165) is 25.7 Å². The Kier molecular flexibility index (Phi) is 3.45. The number of nitrogens with two attached hydrogens (primary N) is 1. The molecule has 0 radical (unpaired) electrons. The highest BCUT2D eigenvalue weighted by atomic mass is 16.1. The van der Waals surface area contributed by atoms with Crippen molar-refractivity contribution >= 4 is 5.78 Å². The molecule has 0 aromatic carbocycles. The maximum absolute atomic E-state index is 12.5. The van der Waals surface area contributed by atoms with E-state index in [0.29, 0.717) is 18.2 Å². The predicted molar refractivity (Wildman–Crippen MR) is 61.5 cm³/mol. The molecular weight excluding hydrogens is 186 g/mol. The molecule has 0 unspecified atom stereocenters. The minimum Gasteiger partial charge on any atom is -0.329 e. The Morgan fingerprint density at radius 3 is 2.20 bits per heavy atom. The highest BCUT2D eigenvalue weighted by Gasteiger charge is 2.41. The zero-order valence-electron chi connectivity index (χ0n) is 9.63. The summed E-state index contributed by atoms with van der Waals surface area (Å²) in [5, 5.41) is 0. The molecule has 0 saturated heterocycles. The second-order valence-corrected chi connectivity index (χ2v) is 5.39. The number of hydrogen-bond acceptors (Lipinski definition) is 2. The van der Waals surface area contributed by atoms with Crippen molar-refractivity contribution in [2.45, 2.75) is 57.8 Å². The Hall–Kier alpha value is -0.370. The van der Waals surface area contributed by atoms with Gasteiger partial charge in [-0.1, -0.05) is 32.1 Å². The zero-order chi connectivity index (χ0) is 10.7. The minimum absolute atomic E-state index is 0.118. The van der Waals surface area contributed by atoms with Crippen LogP contribution in [0.1, 0.15) is 57.8 Å². The molecule has 2 saturated carbocycles. The van der Waals surface area contributed by atoms with E-state index in [2.05, 4.69) is 0 Å². The standard InChI is InChI=1S/C13H23NO/c14-10-13(8-4-1-5-9-13)12(15)11-6-2-3-7-11/h11H,1-10,14H2. The molecule has 86 valence electrons. The van der Waals surface area contributed by atoms with Gasteiger partial charge in [-0.3, -0.25) is 4.79 Å². The van der Waals surface area contributed by atoms with Crippen LogP contribution in [0.3, 0.4) is 0 Å². The largest absolute Gasteiger partial charge is 0.329 e. The maximum atomic E-state index is 12.5. The quantitative estimate of drug-likeness (QED) is 0.776. The van der Waals surface area contributed by atoms with Crippen molar-refractivity contribution in [3.05, 3.63) is 0 Å². The van der Waals surface area contributed by atoms with E-state index in [4.69, 9.17) is 5.73 Å². The van der Waals surface area contributed by atoms with Crippen LogP contribution in [0.15, 0.2) is 0 Å². The van der Waals surface area contributed by atoms with Gasteiger partial charge in [0.05, 0.1) is 0 Å². The van der Waals surface area contributed by atoms with E-state index < -0.39 is 0 Å². The van der Waals surface area contributed by atoms with Crippen LogP contribution >= 0.6 is 0 Å². The molecule has 0 aromatic rings. The molecule has 2 N–H and O–H groups in total. The first-order valence-electron chi connectivity index (χ1n) is 6.53. The molecule has 2 aliphatic rings. The third-order valence-corrected chi connectivity index (χ3v) is 4.45. The second-order valence-electron chi connectivity index (χ2n) is 5.39. The lowest BCUT2D eigenvalue weighted by Gasteiger charge is -2.36. The average molecular weight is 209 g/mol. The number of carbonyl (C=O) groups is 1. The Morgan fingerprint density at radius 2 is 1.67 bits per heavy atom. The SMILES string of the molecule is NCC1(C(=O)C2CCCC2)CCCCC1. The number of hydrogen-bond donors (Lipinski definition) is 1. The fourth-order valence-corrected chi connectivity index (χ4v) is 3.40. The summed E-state index contributed by atoms with van der Waals surface area (Å²) in [6.07, 6.45) is 10.6. The van der Waals surface area contributed by atoms with E-state index >= 15 is 0 Å². The molecule has 0 heterocycles. The van der Waals surface area contributed by atoms with Crippen molar-refractivity contribution in [3.63, 3.8) is 0 Å². The Labute approximate surface area is 92.6 Å². The van der Waals surface area contributed by atoms with Crippen LogP contribution in [0.2, 0.25) is 0 Å². The smallest absolute Gasteiger partial charge is 0.143 e. The first kappa shape index (κ1) is 11.1. The molecule has 2 nitrogen and oxygen atoms in total. The maximum Gasteiger partial charge on any atom is 0.143 e. The monoisotopic (exact) mass is 209 g/mol. The summed E-state index contributed by atoms with van der Waals surface area (Å²) in [7, 11) is 0. The molecule has 0 aliphatic heterocycles. The summed E-state index contributed by atoms with van der Waals surface area (Å²) in [5.74, 6) is 0.869. The van der Waals surface area contributed by atoms with Crippen molar-refractivity contribution < 1.29 is 4.79 Å². The molecule has 2 heteroatoms.